The van der Waals surface area contributed by atoms with Crippen LogP contribution in [0.25, 0.3) is 22.0 Å². The Morgan fingerprint density at radius 3 is 2.52 bits per heavy atom. The number of nitrogens with one attached hydrogen (secondary N) is 2. The molecule has 2 heterocycles. The van der Waals surface area contributed by atoms with E-state index in [9.17, 15) is 0 Å². The van der Waals surface area contributed by atoms with Crippen LogP contribution in [-0.2, 0) is 6.42 Å². The van der Waals surface area contributed by atoms with Crippen LogP contribution in [0.15, 0.2) is 79.0 Å². The number of benzene rings is 3. The van der Waals surface area contributed by atoms with Crippen molar-refractivity contribution in [2.45, 2.75) is 13.3 Å². The fourth-order valence-electron chi connectivity index (χ4n) is 3.92. The van der Waals surface area contributed by atoms with Gasteiger partial charge in [-0.25, -0.2) is 4.99 Å². The highest BCUT2D eigenvalue weighted by Gasteiger charge is 2.24. The van der Waals surface area contributed by atoms with E-state index in [4.69, 9.17) is 0 Å². The lowest BCUT2D eigenvalue weighted by Crippen LogP contribution is -2.58. The summed E-state index contributed by atoms with van der Waals surface area (Å²) in [5, 5.41) is 1.25. The quantitative estimate of drug-likeness (QED) is 0.546. The Balaban J connectivity index is 1.81. The molecule has 5 rings (SSSR count). The molecule has 4 aromatic rings. The fourth-order valence-corrected chi connectivity index (χ4v) is 3.92. The average molecular weight is 349 g/mol. The van der Waals surface area contributed by atoms with Gasteiger partial charge in [0.05, 0.1) is 11.1 Å². The van der Waals surface area contributed by atoms with Crippen molar-refractivity contribution in [3.8, 4) is 0 Å². The molecular formula is C25H21N2+. The summed E-state index contributed by atoms with van der Waals surface area (Å²) < 4.78 is 0. The van der Waals surface area contributed by atoms with Crippen LogP contribution >= 0.6 is 0 Å². The van der Waals surface area contributed by atoms with Crippen molar-refractivity contribution in [3.63, 3.8) is 0 Å². The van der Waals surface area contributed by atoms with Gasteiger partial charge in [0.2, 0.25) is 5.69 Å². The molecule has 0 aliphatic carbocycles. The van der Waals surface area contributed by atoms with Crippen LogP contribution in [0.1, 0.15) is 29.2 Å². The van der Waals surface area contributed by atoms with Crippen LogP contribution in [-0.4, -0.2) is 11.2 Å². The first-order valence-corrected chi connectivity index (χ1v) is 9.44. The van der Waals surface area contributed by atoms with Crippen molar-refractivity contribution < 1.29 is 4.99 Å². The number of aromatic nitrogens is 1. The van der Waals surface area contributed by atoms with Crippen molar-refractivity contribution in [1.29, 1.82) is 0 Å². The molecule has 0 spiro atoms. The molecule has 0 amide bonds. The maximum atomic E-state index is 3.44. The van der Waals surface area contributed by atoms with Crippen LogP contribution in [0.5, 0.6) is 0 Å². The molecule has 0 radical (unpaired) electrons. The first-order valence-electron chi connectivity index (χ1n) is 9.44. The SMILES string of the molecule is CCc1ccc(/C(=C2/C=[NH+]c3ccccc32)c2c[nH]c3ccccc23)cc1. The number of para-hydroxylation sites is 2. The van der Waals surface area contributed by atoms with Gasteiger partial charge in [0.25, 0.3) is 0 Å². The van der Waals surface area contributed by atoms with Crippen molar-refractivity contribution in [2.75, 3.05) is 0 Å². The van der Waals surface area contributed by atoms with E-state index < -0.39 is 0 Å². The van der Waals surface area contributed by atoms with Gasteiger partial charge in [0.1, 0.15) is 0 Å². The summed E-state index contributed by atoms with van der Waals surface area (Å²) >= 11 is 0. The summed E-state index contributed by atoms with van der Waals surface area (Å²) in [5.74, 6) is 0. The molecule has 2 nitrogen and oxygen atoms in total. The van der Waals surface area contributed by atoms with Crippen molar-refractivity contribution >= 4 is 34.0 Å². The minimum absolute atomic E-state index is 1.05. The maximum Gasteiger partial charge on any atom is 0.211 e. The molecule has 1 aliphatic heterocycles. The Morgan fingerprint density at radius 2 is 1.67 bits per heavy atom. The fraction of sp³-hybridized carbons (Fsp3) is 0.0800. The van der Waals surface area contributed by atoms with Crippen molar-refractivity contribution in [2.24, 2.45) is 0 Å². The number of fused-ring (bicyclic) bond motifs is 2. The molecule has 27 heavy (non-hydrogen) atoms. The van der Waals surface area contributed by atoms with E-state index in [1.807, 2.05) is 0 Å². The smallest absolute Gasteiger partial charge is 0.211 e. The predicted octanol–water partition coefficient (Wildman–Crippen LogP) is 4.49. The molecule has 1 aliphatic rings. The highest BCUT2D eigenvalue weighted by Crippen LogP contribution is 2.37. The summed E-state index contributed by atoms with van der Waals surface area (Å²) in [5.41, 5.74) is 9.90. The van der Waals surface area contributed by atoms with E-state index in [1.54, 1.807) is 0 Å². The summed E-state index contributed by atoms with van der Waals surface area (Å²) in [6.07, 6.45) is 5.32. The number of aryl methyl sites for hydroxylation is 1. The normalized spacial score (nSPS) is 14.6. The van der Waals surface area contributed by atoms with Gasteiger partial charge in [0, 0.05) is 34.3 Å². The summed E-state index contributed by atoms with van der Waals surface area (Å²) in [6.45, 7) is 2.19. The van der Waals surface area contributed by atoms with Gasteiger partial charge in [-0.2, -0.15) is 0 Å². The van der Waals surface area contributed by atoms with Gasteiger partial charge in [-0.05, 0) is 29.7 Å². The Labute approximate surface area is 158 Å². The van der Waals surface area contributed by atoms with E-state index in [0.29, 0.717) is 0 Å². The molecular weight excluding hydrogens is 328 g/mol. The van der Waals surface area contributed by atoms with Crippen LogP contribution in [0.4, 0.5) is 5.69 Å². The molecule has 3 aromatic carbocycles. The van der Waals surface area contributed by atoms with Gasteiger partial charge in [-0.15, -0.1) is 0 Å². The lowest BCUT2D eigenvalue weighted by Gasteiger charge is -2.11. The third-order valence-corrected chi connectivity index (χ3v) is 5.37. The molecule has 0 atom stereocenters. The molecule has 0 bridgehead atoms. The average Bonchev–Trinajstić information content (AvgIpc) is 3.34. The number of aromatic amines is 1. The third kappa shape index (κ3) is 2.61. The Bertz CT molecular complexity index is 1190. The molecule has 0 saturated carbocycles. The second kappa shape index (κ2) is 6.40. The molecule has 0 unspecified atom stereocenters. The molecule has 0 saturated heterocycles. The first-order chi connectivity index (χ1) is 13.3. The summed E-state index contributed by atoms with van der Waals surface area (Å²) in [6, 6.07) is 26.0. The molecule has 1 aromatic heterocycles. The molecule has 2 N–H and O–H groups in total. The Hall–Kier alpha value is -3.39. The van der Waals surface area contributed by atoms with Crippen molar-refractivity contribution in [1.82, 2.24) is 4.98 Å². The van der Waals surface area contributed by atoms with Crippen LogP contribution in [0.2, 0.25) is 0 Å². The minimum atomic E-state index is 1.05. The van der Waals surface area contributed by atoms with Gasteiger partial charge in [-0.3, -0.25) is 0 Å². The topological polar surface area (TPSA) is 29.8 Å². The number of hydrogen-bond acceptors (Lipinski definition) is 0. The number of rotatable bonds is 3. The monoisotopic (exact) mass is 349 g/mol. The van der Waals surface area contributed by atoms with E-state index in [2.05, 4.69) is 102 Å². The van der Waals surface area contributed by atoms with E-state index in [0.717, 1.165) is 17.6 Å². The predicted molar refractivity (Wildman–Crippen MR) is 113 cm³/mol. The molecule has 0 fully saturated rings. The largest absolute Gasteiger partial charge is 0.361 e. The second-order valence-corrected chi connectivity index (χ2v) is 6.92. The van der Waals surface area contributed by atoms with Crippen LogP contribution in [0, 0.1) is 0 Å². The lowest BCUT2D eigenvalue weighted by atomic mass is 9.89. The van der Waals surface area contributed by atoms with E-state index in [-0.39, 0.29) is 0 Å². The lowest BCUT2D eigenvalue weighted by molar-refractivity contribution is -0.342. The third-order valence-electron chi connectivity index (χ3n) is 5.37. The zero-order chi connectivity index (χ0) is 18.2. The maximum absolute atomic E-state index is 3.44. The van der Waals surface area contributed by atoms with E-state index >= 15 is 0 Å². The summed E-state index contributed by atoms with van der Waals surface area (Å²) in [7, 11) is 0. The minimum Gasteiger partial charge on any atom is -0.361 e. The highest BCUT2D eigenvalue weighted by atomic mass is 14.8. The second-order valence-electron chi connectivity index (χ2n) is 6.92. The molecule has 130 valence electrons. The van der Waals surface area contributed by atoms with E-state index in [1.165, 1.54) is 38.8 Å². The van der Waals surface area contributed by atoms with Gasteiger partial charge >= 0.3 is 0 Å². The van der Waals surface area contributed by atoms with Gasteiger partial charge in [-0.1, -0.05) is 61.5 Å². The number of H-pyrrole nitrogens is 1. The standard InChI is InChI=1S/C25H20N2/c1-2-17-11-13-18(14-12-17)25(21-15-26-23-9-5-3-7-19(21)23)22-16-27-24-10-6-4-8-20(22)24/h3-16,26H,2H2,1H3/p+1/b25-22+. The Kier molecular flexibility index (Phi) is 3.75. The highest BCUT2D eigenvalue weighted by molar-refractivity contribution is 6.24. The van der Waals surface area contributed by atoms with Crippen LogP contribution < -0.4 is 4.99 Å². The first kappa shape index (κ1) is 15.8. The van der Waals surface area contributed by atoms with Gasteiger partial charge < -0.3 is 4.98 Å². The Morgan fingerprint density at radius 1 is 0.889 bits per heavy atom. The number of allylic oxidation sites excluding steroid dienone is 1. The summed E-state index contributed by atoms with van der Waals surface area (Å²) in [4.78, 5) is 6.88. The van der Waals surface area contributed by atoms with Crippen LogP contribution in [0.3, 0.4) is 0 Å². The molecule has 2 heteroatoms. The van der Waals surface area contributed by atoms with Gasteiger partial charge in [0.15, 0.2) is 6.21 Å². The zero-order valence-corrected chi connectivity index (χ0v) is 15.3. The van der Waals surface area contributed by atoms with Crippen molar-refractivity contribution in [3.05, 3.63) is 101 Å². The zero-order valence-electron chi connectivity index (χ0n) is 15.3. The number of hydrogen-bond donors (Lipinski definition) is 2.